The lowest BCUT2D eigenvalue weighted by Crippen LogP contribution is -2.46. The van der Waals surface area contributed by atoms with Crippen LogP contribution in [0.5, 0.6) is 0 Å². The van der Waals surface area contributed by atoms with E-state index in [1.54, 1.807) is 0 Å². The largest absolute Gasteiger partial charge is 0.339 e. The van der Waals surface area contributed by atoms with E-state index >= 15 is 0 Å². The summed E-state index contributed by atoms with van der Waals surface area (Å²) < 4.78 is 0. The molecule has 0 aromatic heterocycles. The zero-order chi connectivity index (χ0) is 13.0. The Kier molecular flexibility index (Phi) is 5.44. The summed E-state index contributed by atoms with van der Waals surface area (Å²) in [5.41, 5.74) is 0. The van der Waals surface area contributed by atoms with Gasteiger partial charge >= 0.3 is 0 Å². The van der Waals surface area contributed by atoms with Gasteiger partial charge in [0, 0.05) is 18.6 Å². The maximum Gasteiger partial charge on any atom is 0.236 e. The highest BCUT2D eigenvalue weighted by Gasteiger charge is 2.25. The van der Waals surface area contributed by atoms with E-state index < -0.39 is 0 Å². The summed E-state index contributed by atoms with van der Waals surface area (Å²) in [6.45, 7) is 13.3. The number of hydrogen-bond donors (Lipinski definition) is 0. The van der Waals surface area contributed by atoms with Gasteiger partial charge in [0.25, 0.3) is 0 Å². The van der Waals surface area contributed by atoms with Crippen molar-refractivity contribution in [1.29, 1.82) is 0 Å². The lowest BCUT2D eigenvalue weighted by Gasteiger charge is -2.31. The summed E-state index contributed by atoms with van der Waals surface area (Å²) in [6, 6.07) is 0.884. The van der Waals surface area contributed by atoms with Gasteiger partial charge in [-0.05, 0) is 46.1 Å². The molecule has 100 valence electrons. The molecule has 1 heterocycles. The zero-order valence-corrected chi connectivity index (χ0v) is 12.1. The lowest BCUT2D eigenvalue weighted by molar-refractivity contribution is -0.134. The molecular weight excluding hydrogens is 212 g/mol. The van der Waals surface area contributed by atoms with Gasteiger partial charge < -0.3 is 4.90 Å². The molecule has 1 unspecified atom stereocenters. The summed E-state index contributed by atoms with van der Waals surface area (Å²) in [7, 11) is 0. The summed E-state index contributed by atoms with van der Waals surface area (Å²) in [5, 5.41) is 0. The van der Waals surface area contributed by atoms with Crippen LogP contribution in [-0.2, 0) is 4.79 Å². The van der Waals surface area contributed by atoms with Gasteiger partial charge in [0.2, 0.25) is 5.91 Å². The molecule has 1 aliphatic heterocycles. The number of carbonyl (C=O) groups is 1. The number of nitrogens with zero attached hydrogens (tertiary/aromatic N) is 2. The molecule has 1 aliphatic rings. The first-order chi connectivity index (χ1) is 7.91. The maximum atomic E-state index is 12.3. The van der Waals surface area contributed by atoms with E-state index in [0.29, 0.717) is 30.5 Å². The van der Waals surface area contributed by atoms with Crippen molar-refractivity contribution in [2.75, 3.05) is 19.6 Å². The van der Waals surface area contributed by atoms with Crippen molar-refractivity contribution >= 4 is 5.91 Å². The lowest BCUT2D eigenvalue weighted by atomic mass is 10.1. The number of amides is 1. The number of hydrogen-bond acceptors (Lipinski definition) is 2. The first kappa shape index (κ1) is 14.5. The summed E-state index contributed by atoms with van der Waals surface area (Å²) >= 11 is 0. The molecule has 0 aromatic carbocycles. The first-order valence-electron chi connectivity index (χ1n) is 6.95. The van der Waals surface area contributed by atoms with E-state index in [1.807, 2.05) is 4.90 Å². The minimum atomic E-state index is 0.294. The van der Waals surface area contributed by atoms with Crippen LogP contribution in [0.4, 0.5) is 0 Å². The van der Waals surface area contributed by atoms with Crippen molar-refractivity contribution < 1.29 is 4.79 Å². The Morgan fingerprint density at radius 2 is 2.00 bits per heavy atom. The highest BCUT2D eigenvalue weighted by molar-refractivity contribution is 5.78. The fourth-order valence-electron chi connectivity index (χ4n) is 2.49. The summed E-state index contributed by atoms with van der Waals surface area (Å²) in [5.74, 6) is 0.833. The van der Waals surface area contributed by atoms with Crippen molar-refractivity contribution in [3.63, 3.8) is 0 Å². The molecule has 0 aliphatic carbocycles. The Labute approximate surface area is 106 Å². The molecule has 17 heavy (non-hydrogen) atoms. The Morgan fingerprint density at radius 1 is 1.35 bits per heavy atom. The SMILES string of the molecule is CC(C)CN(C(=O)CN1CCCC1C)C(C)C. The van der Waals surface area contributed by atoms with Crippen molar-refractivity contribution in [2.24, 2.45) is 5.92 Å². The van der Waals surface area contributed by atoms with Gasteiger partial charge in [-0.1, -0.05) is 13.8 Å². The van der Waals surface area contributed by atoms with Crippen molar-refractivity contribution in [3.05, 3.63) is 0 Å². The molecule has 0 spiro atoms. The van der Waals surface area contributed by atoms with E-state index in [4.69, 9.17) is 0 Å². The van der Waals surface area contributed by atoms with Gasteiger partial charge in [-0.3, -0.25) is 9.69 Å². The van der Waals surface area contributed by atoms with E-state index in [1.165, 1.54) is 12.8 Å². The second kappa shape index (κ2) is 6.39. The molecule has 0 N–H and O–H groups in total. The predicted octanol–water partition coefficient (Wildman–Crippen LogP) is 2.36. The Bertz CT molecular complexity index is 251. The monoisotopic (exact) mass is 240 g/mol. The number of likely N-dealkylation sites (tertiary alicyclic amines) is 1. The van der Waals surface area contributed by atoms with E-state index in [-0.39, 0.29) is 0 Å². The molecule has 0 bridgehead atoms. The van der Waals surface area contributed by atoms with E-state index in [2.05, 4.69) is 39.5 Å². The zero-order valence-electron chi connectivity index (χ0n) is 12.1. The van der Waals surface area contributed by atoms with Crippen LogP contribution >= 0.6 is 0 Å². The Morgan fingerprint density at radius 3 is 2.41 bits per heavy atom. The normalized spacial score (nSPS) is 21.5. The summed E-state index contributed by atoms with van der Waals surface area (Å²) in [6.07, 6.45) is 2.47. The number of carbonyl (C=O) groups excluding carboxylic acids is 1. The predicted molar refractivity (Wildman–Crippen MR) is 72.0 cm³/mol. The molecule has 0 saturated carbocycles. The smallest absolute Gasteiger partial charge is 0.236 e. The third-order valence-corrected chi connectivity index (χ3v) is 3.53. The highest BCUT2D eigenvalue weighted by atomic mass is 16.2. The van der Waals surface area contributed by atoms with Crippen LogP contribution in [0.15, 0.2) is 0 Å². The molecule has 3 heteroatoms. The van der Waals surface area contributed by atoms with Gasteiger partial charge in [-0.15, -0.1) is 0 Å². The van der Waals surface area contributed by atoms with Crippen molar-refractivity contribution in [2.45, 2.75) is 59.5 Å². The van der Waals surface area contributed by atoms with Crippen LogP contribution in [-0.4, -0.2) is 47.4 Å². The molecular formula is C14H28N2O. The van der Waals surface area contributed by atoms with Crippen LogP contribution < -0.4 is 0 Å². The summed E-state index contributed by atoms with van der Waals surface area (Å²) in [4.78, 5) is 16.6. The van der Waals surface area contributed by atoms with Crippen LogP contribution in [0.3, 0.4) is 0 Å². The molecule has 1 amide bonds. The van der Waals surface area contributed by atoms with Crippen molar-refractivity contribution in [1.82, 2.24) is 9.80 Å². The number of rotatable bonds is 5. The average molecular weight is 240 g/mol. The van der Waals surface area contributed by atoms with Crippen LogP contribution in [0.1, 0.15) is 47.5 Å². The quantitative estimate of drug-likeness (QED) is 0.736. The molecule has 1 saturated heterocycles. The topological polar surface area (TPSA) is 23.6 Å². The van der Waals surface area contributed by atoms with Crippen LogP contribution in [0, 0.1) is 5.92 Å². The third kappa shape index (κ3) is 4.30. The second-order valence-electron chi connectivity index (χ2n) is 6.00. The molecule has 1 fully saturated rings. The minimum absolute atomic E-state index is 0.294. The molecule has 3 nitrogen and oxygen atoms in total. The van der Waals surface area contributed by atoms with Gasteiger partial charge in [0.05, 0.1) is 6.54 Å². The van der Waals surface area contributed by atoms with E-state index in [0.717, 1.165) is 13.1 Å². The third-order valence-electron chi connectivity index (χ3n) is 3.53. The Balaban J connectivity index is 2.52. The molecule has 0 aromatic rings. The standard InChI is InChI=1S/C14H28N2O/c1-11(2)9-16(12(3)4)14(17)10-15-8-6-7-13(15)5/h11-13H,6-10H2,1-5H3. The minimum Gasteiger partial charge on any atom is -0.339 e. The first-order valence-corrected chi connectivity index (χ1v) is 6.95. The fraction of sp³-hybridized carbons (Fsp3) is 0.929. The van der Waals surface area contributed by atoms with E-state index in [9.17, 15) is 4.79 Å². The Hall–Kier alpha value is -0.570. The van der Waals surface area contributed by atoms with Crippen LogP contribution in [0.25, 0.3) is 0 Å². The van der Waals surface area contributed by atoms with Gasteiger partial charge in [0.15, 0.2) is 0 Å². The molecule has 0 radical (unpaired) electrons. The van der Waals surface area contributed by atoms with Crippen LogP contribution in [0.2, 0.25) is 0 Å². The fourth-order valence-corrected chi connectivity index (χ4v) is 2.49. The second-order valence-corrected chi connectivity index (χ2v) is 6.00. The van der Waals surface area contributed by atoms with Gasteiger partial charge in [-0.2, -0.15) is 0 Å². The maximum absolute atomic E-state index is 12.3. The molecule has 1 rings (SSSR count). The molecule has 1 atom stereocenters. The highest BCUT2D eigenvalue weighted by Crippen LogP contribution is 2.16. The van der Waals surface area contributed by atoms with Crippen molar-refractivity contribution in [3.8, 4) is 0 Å². The van der Waals surface area contributed by atoms with Gasteiger partial charge in [0.1, 0.15) is 0 Å². The average Bonchev–Trinajstić information content (AvgIpc) is 2.60. The van der Waals surface area contributed by atoms with Gasteiger partial charge in [-0.25, -0.2) is 0 Å².